The number of benzene rings is 1. The van der Waals surface area contributed by atoms with Gasteiger partial charge in [-0.05, 0) is 42.9 Å². The highest BCUT2D eigenvalue weighted by atomic mass is 35.5. The lowest BCUT2D eigenvalue weighted by atomic mass is 9.98. The number of halogens is 2. The molecule has 0 bridgehead atoms. The van der Waals surface area contributed by atoms with E-state index in [9.17, 15) is 4.39 Å². The molecule has 0 saturated carbocycles. The molecule has 1 aromatic rings. The fourth-order valence-corrected chi connectivity index (χ4v) is 1.98. The summed E-state index contributed by atoms with van der Waals surface area (Å²) < 4.78 is 12.9. The highest BCUT2D eigenvalue weighted by molar-refractivity contribution is 6.31. The Hall–Kier alpha value is -0.640. The summed E-state index contributed by atoms with van der Waals surface area (Å²) >= 11 is 5.98. The Balaban J connectivity index is 2.60. The normalized spacial score (nSPS) is 13.1. The van der Waals surface area contributed by atoms with Gasteiger partial charge < -0.3 is 0 Å². The van der Waals surface area contributed by atoms with E-state index in [0.717, 1.165) is 24.8 Å². The van der Waals surface area contributed by atoms with E-state index in [-0.39, 0.29) is 11.9 Å². The van der Waals surface area contributed by atoms with E-state index < -0.39 is 0 Å². The van der Waals surface area contributed by atoms with Gasteiger partial charge in [-0.3, -0.25) is 11.3 Å². The third-order valence-corrected chi connectivity index (χ3v) is 3.16. The first-order chi connectivity index (χ1) is 8.02. The Morgan fingerprint density at radius 1 is 1.35 bits per heavy atom. The van der Waals surface area contributed by atoms with Crippen molar-refractivity contribution in [2.24, 2.45) is 11.8 Å². The molecule has 17 heavy (non-hydrogen) atoms. The van der Waals surface area contributed by atoms with E-state index in [4.69, 9.17) is 17.4 Å². The molecule has 1 aromatic carbocycles. The summed E-state index contributed by atoms with van der Waals surface area (Å²) in [7, 11) is 0. The summed E-state index contributed by atoms with van der Waals surface area (Å²) in [4.78, 5) is 0. The third-order valence-electron chi connectivity index (χ3n) is 2.81. The average Bonchev–Trinajstić information content (AvgIpc) is 2.26. The summed E-state index contributed by atoms with van der Waals surface area (Å²) in [6, 6.07) is 4.67. The molecule has 2 nitrogen and oxygen atoms in total. The van der Waals surface area contributed by atoms with Crippen LogP contribution in [0.4, 0.5) is 4.39 Å². The van der Waals surface area contributed by atoms with E-state index in [1.165, 1.54) is 12.1 Å². The first-order valence-electron chi connectivity index (χ1n) is 5.93. The first kappa shape index (κ1) is 14.4. The van der Waals surface area contributed by atoms with Gasteiger partial charge >= 0.3 is 0 Å². The van der Waals surface area contributed by atoms with Gasteiger partial charge in [0.05, 0.1) is 0 Å². The fourth-order valence-electron chi connectivity index (χ4n) is 1.73. The van der Waals surface area contributed by atoms with Crippen LogP contribution in [0.25, 0.3) is 0 Å². The Morgan fingerprint density at radius 3 is 2.59 bits per heavy atom. The standard InChI is InChI=1S/C13H20ClFN2/c1-9(2)3-6-12(17-16)7-10-4-5-11(15)8-13(10)14/h4-5,8-9,12,17H,3,6-7,16H2,1-2H3. The number of hydrogen-bond acceptors (Lipinski definition) is 2. The van der Waals surface area contributed by atoms with Crippen LogP contribution >= 0.6 is 11.6 Å². The van der Waals surface area contributed by atoms with Crippen molar-refractivity contribution in [1.29, 1.82) is 0 Å². The van der Waals surface area contributed by atoms with E-state index >= 15 is 0 Å². The maximum Gasteiger partial charge on any atom is 0.124 e. The van der Waals surface area contributed by atoms with Gasteiger partial charge in [-0.15, -0.1) is 0 Å². The van der Waals surface area contributed by atoms with Crippen molar-refractivity contribution in [2.45, 2.75) is 39.2 Å². The molecule has 0 aromatic heterocycles. The molecular weight excluding hydrogens is 239 g/mol. The van der Waals surface area contributed by atoms with E-state index in [0.29, 0.717) is 10.9 Å². The van der Waals surface area contributed by atoms with Crippen molar-refractivity contribution in [3.63, 3.8) is 0 Å². The van der Waals surface area contributed by atoms with Gasteiger partial charge in [-0.25, -0.2) is 4.39 Å². The van der Waals surface area contributed by atoms with Crippen LogP contribution in [0, 0.1) is 11.7 Å². The molecule has 0 saturated heterocycles. The fraction of sp³-hybridized carbons (Fsp3) is 0.538. The second kappa shape index (κ2) is 6.94. The number of hydrazine groups is 1. The molecule has 1 unspecified atom stereocenters. The summed E-state index contributed by atoms with van der Waals surface area (Å²) in [5.74, 6) is 5.86. The zero-order chi connectivity index (χ0) is 12.8. The Labute approximate surface area is 107 Å². The molecule has 96 valence electrons. The largest absolute Gasteiger partial charge is 0.271 e. The van der Waals surface area contributed by atoms with Crippen LogP contribution in [-0.4, -0.2) is 6.04 Å². The second-order valence-corrected chi connectivity index (χ2v) is 5.18. The highest BCUT2D eigenvalue weighted by Gasteiger charge is 2.11. The van der Waals surface area contributed by atoms with Crippen LogP contribution in [0.5, 0.6) is 0 Å². The maximum atomic E-state index is 12.9. The Morgan fingerprint density at radius 2 is 2.06 bits per heavy atom. The van der Waals surface area contributed by atoms with Crippen molar-refractivity contribution < 1.29 is 4.39 Å². The maximum absolute atomic E-state index is 12.9. The van der Waals surface area contributed by atoms with Crippen LogP contribution < -0.4 is 11.3 Å². The number of nitrogens with two attached hydrogens (primary N) is 1. The van der Waals surface area contributed by atoms with Gasteiger partial charge in [-0.1, -0.05) is 31.5 Å². The molecule has 4 heteroatoms. The lowest BCUT2D eigenvalue weighted by molar-refractivity contribution is 0.434. The van der Waals surface area contributed by atoms with Crippen molar-refractivity contribution in [3.05, 3.63) is 34.6 Å². The average molecular weight is 259 g/mol. The lowest BCUT2D eigenvalue weighted by Gasteiger charge is -2.17. The molecule has 0 spiro atoms. The predicted octanol–water partition coefficient (Wildman–Crippen LogP) is 3.29. The minimum absolute atomic E-state index is 0.181. The number of hydrogen-bond donors (Lipinski definition) is 2. The van der Waals surface area contributed by atoms with Crippen LogP contribution in [0.15, 0.2) is 18.2 Å². The SMILES string of the molecule is CC(C)CCC(Cc1ccc(F)cc1Cl)NN. The van der Waals surface area contributed by atoms with E-state index in [2.05, 4.69) is 19.3 Å². The van der Waals surface area contributed by atoms with Gasteiger partial charge in [0.2, 0.25) is 0 Å². The molecule has 0 radical (unpaired) electrons. The molecule has 0 aliphatic carbocycles. The number of rotatable bonds is 6. The molecule has 0 fully saturated rings. The minimum atomic E-state index is -0.307. The zero-order valence-corrected chi connectivity index (χ0v) is 11.1. The molecular formula is C13H20ClFN2. The van der Waals surface area contributed by atoms with Crippen molar-refractivity contribution in [3.8, 4) is 0 Å². The predicted molar refractivity (Wildman–Crippen MR) is 70.3 cm³/mol. The summed E-state index contributed by atoms with van der Waals surface area (Å²) in [5, 5.41) is 0.467. The van der Waals surface area contributed by atoms with E-state index in [1.54, 1.807) is 6.07 Å². The topological polar surface area (TPSA) is 38.0 Å². The second-order valence-electron chi connectivity index (χ2n) is 4.77. The van der Waals surface area contributed by atoms with Crippen molar-refractivity contribution in [2.75, 3.05) is 0 Å². The monoisotopic (exact) mass is 258 g/mol. The van der Waals surface area contributed by atoms with Crippen LogP contribution in [0.2, 0.25) is 5.02 Å². The lowest BCUT2D eigenvalue weighted by Crippen LogP contribution is -2.37. The summed E-state index contributed by atoms with van der Waals surface area (Å²) in [6.45, 7) is 4.36. The summed E-state index contributed by atoms with van der Waals surface area (Å²) in [6.07, 6.45) is 2.82. The van der Waals surface area contributed by atoms with Gasteiger partial charge in [-0.2, -0.15) is 0 Å². The Bertz CT molecular complexity index is 355. The van der Waals surface area contributed by atoms with E-state index in [1.807, 2.05) is 0 Å². The van der Waals surface area contributed by atoms with Crippen LogP contribution in [-0.2, 0) is 6.42 Å². The van der Waals surface area contributed by atoms with Gasteiger partial charge in [0, 0.05) is 11.1 Å². The molecule has 0 heterocycles. The smallest absolute Gasteiger partial charge is 0.124 e. The van der Waals surface area contributed by atoms with Crippen LogP contribution in [0.1, 0.15) is 32.3 Å². The molecule has 1 rings (SSSR count). The quantitative estimate of drug-likeness (QED) is 0.607. The zero-order valence-electron chi connectivity index (χ0n) is 10.3. The van der Waals surface area contributed by atoms with Crippen molar-refractivity contribution >= 4 is 11.6 Å². The summed E-state index contributed by atoms with van der Waals surface area (Å²) in [5.41, 5.74) is 3.73. The minimum Gasteiger partial charge on any atom is -0.271 e. The molecule has 1 atom stereocenters. The molecule has 0 amide bonds. The molecule has 0 aliphatic heterocycles. The molecule has 0 aliphatic rings. The van der Waals surface area contributed by atoms with Crippen molar-refractivity contribution in [1.82, 2.24) is 5.43 Å². The first-order valence-corrected chi connectivity index (χ1v) is 6.30. The molecule has 3 N–H and O–H groups in total. The van der Waals surface area contributed by atoms with Gasteiger partial charge in [0.15, 0.2) is 0 Å². The van der Waals surface area contributed by atoms with Gasteiger partial charge in [0.1, 0.15) is 5.82 Å². The number of nitrogens with one attached hydrogen (secondary N) is 1. The third kappa shape index (κ3) is 5.02. The van der Waals surface area contributed by atoms with Crippen LogP contribution in [0.3, 0.4) is 0 Å². The highest BCUT2D eigenvalue weighted by Crippen LogP contribution is 2.20. The Kier molecular flexibility index (Phi) is 5.89. The van der Waals surface area contributed by atoms with Gasteiger partial charge in [0.25, 0.3) is 0 Å².